The van der Waals surface area contributed by atoms with Crippen LogP contribution in [0.2, 0.25) is 0 Å². The van der Waals surface area contributed by atoms with Gasteiger partial charge in [0.1, 0.15) is 18.2 Å². The second kappa shape index (κ2) is 17.4. The zero-order valence-electron chi connectivity index (χ0n) is 24.1. The Morgan fingerprint density at radius 3 is 2.24 bits per heavy atom. The number of nitrogens with one attached hydrogen (secondary N) is 2. The average molecular weight is 534 g/mol. The maximum Gasteiger partial charge on any atom is 0.408 e. The van der Waals surface area contributed by atoms with Gasteiger partial charge >= 0.3 is 12.1 Å². The van der Waals surface area contributed by atoms with E-state index in [-0.39, 0.29) is 32.0 Å². The van der Waals surface area contributed by atoms with E-state index >= 15 is 0 Å². The number of esters is 1. The Hall–Kier alpha value is -3.10. The van der Waals surface area contributed by atoms with Crippen molar-refractivity contribution in [2.75, 3.05) is 26.2 Å². The molecule has 0 bridgehead atoms. The van der Waals surface area contributed by atoms with Crippen LogP contribution in [0.1, 0.15) is 96.7 Å². The number of hydrogen-bond donors (Lipinski definition) is 2. The molecule has 1 aromatic carbocycles. The number of carbonyl (C=O) groups excluding carboxylic acids is 4. The Labute approximate surface area is 228 Å². The number of alkyl carbamates (subject to hydrolysis) is 1. The Balaban J connectivity index is 3.14. The fraction of sp³-hybridized carbons (Fsp3) is 0.655. The highest BCUT2D eigenvalue weighted by molar-refractivity contribution is 5.90. The van der Waals surface area contributed by atoms with Crippen LogP contribution in [0.25, 0.3) is 0 Å². The SMILES string of the molecule is CCCCCCCCN(C(=O)CNC(=O)OC(C)(C)C)C(C(=O)NCCC(=O)OCC)c1ccccc1C. The molecule has 1 atom stereocenters. The number of nitrogens with zero attached hydrogens (tertiary/aromatic N) is 1. The molecular weight excluding hydrogens is 486 g/mol. The minimum absolute atomic E-state index is 0.0334. The molecule has 214 valence electrons. The van der Waals surface area contributed by atoms with Gasteiger partial charge in [0, 0.05) is 13.1 Å². The molecule has 0 saturated carbocycles. The lowest BCUT2D eigenvalue weighted by Crippen LogP contribution is -2.48. The lowest BCUT2D eigenvalue weighted by atomic mass is 9.98. The van der Waals surface area contributed by atoms with Crippen LogP contribution in [0.15, 0.2) is 24.3 Å². The van der Waals surface area contributed by atoms with Crippen LogP contribution in [-0.2, 0) is 23.9 Å². The maximum atomic E-state index is 13.5. The van der Waals surface area contributed by atoms with Crippen molar-refractivity contribution < 1.29 is 28.7 Å². The van der Waals surface area contributed by atoms with Gasteiger partial charge in [-0.2, -0.15) is 0 Å². The summed E-state index contributed by atoms with van der Waals surface area (Å²) in [6, 6.07) is 6.50. The van der Waals surface area contributed by atoms with E-state index in [4.69, 9.17) is 9.47 Å². The summed E-state index contributed by atoms with van der Waals surface area (Å²) in [5, 5.41) is 5.33. The minimum atomic E-state index is -0.915. The first-order chi connectivity index (χ1) is 18.0. The molecule has 38 heavy (non-hydrogen) atoms. The van der Waals surface area contributed by atoms with Gasteiger partial charge in [0.25, 0.3) is 0 Å². The number of hydrogen-bond acceptors (Lipinski definition) is 6. The lowest BCUT2D eigenvalue weighted by Gasteiger charge is -2.32. The highest BCUT2D eigenvalue weighted by Crippen LogP contribution is 2.25. The number of carbonyl (C=O) groups is 4. The van der Waals surface area contributed by atoms with Gasteiger partial charge in [0.05, 0.1) is 13.0 Å². The normalized spacial score (nSPS) is 11.8. The van der Waals surface area contributed by atoms with Crippen molar-refractivity contribution >= 4 is 23.9 Å². The second-order valence-electron chi connectivity index (χ2n) is 10.3. The van der Waals surface area contributed by atoms with Crippen molar-refractivity contribution in [3.8, 4) is 0 Å². The molecule has 0 aliphatic rings. The maximum absolute atomic E-state index is 13.5. The molecule has 0 aliphatic carbocycles. The van der Waals surface area contributed by atoms with Crippen LogP contribution in [0.3, 0.4) is 0 Å². The lowest BCUT2D eigenvalue weighted by molar-refractivity contribution is -0.143. The zero-order chi connectivity index (χ0) is 28.6. The number of unbranched alkanes of at least 4 members (excludes halogenated alkanes) is 5. The topological polar surface area (TPSA) is 114 Å². The minimum Gasteiger partial charge on any atom is -0.466 e. The van der Waals surface area contributed by atoms with E-state index in [0.717, 1.165) is 44.1 Å². The molecular formula is C29H47N3O6. The van der Waals surface area contributed by atoms with Gasteiger partial charge in [-0.15, -0.1) is 0 Å². The molecule has 1 rings (SSSR count). The van der Waals surface area contributed by atoms with Crippen LogP contribution < -0.4 is 10.6 Å². The summed E-state index contributed by atoms with van der Waals surface area (Å²) in [4.78, 5) is 52.5. The third-order valence-electron chi connectivity index (χ3n) is 5.83. The molecule has 0 saturated heterocycles. The van der Waals surface area contributed by atoms with Crippen LogP contribution >= 0.6 is 0 Å². The summed E-state index contributed by atoms with van der Waals surface area (Å²) in [6.45, 7) is 11.4. The van der Waals surface area contributed by atoms with Crippen LogP contribution in [0.4, 0.5) is 4.79 Å². The number of aryl methyl sites for hydroxylation is 1. The average Bonchev–Trinajstić information content (AvgIpc) is 2.84. The van der Waals surface area contributed by atoms with Crippen LogP contribution in [0.5, 0.6) is 0 Å². The predicted octanol–water partition coefficient (Wildman–Crippen LogP) is 4.82. The summed E-state index contributed by atoms with van der Waals surface area (Å²) < 4.78 is 10.2. The van der Waals surface area contributed by atoms with E-state index in [2.05, 4.69) is 17.6 Å². The fourth-order valence-corrected chi connectivity index (χ4v) is 3.99. The standard InChI is InChI=1S/C29H47N3O6/c1-7-9-10-11-12-15-20-32(24(33)21-31-28(36)38-29(4,5)6)26(23-17-14-13-16-22(23)3)27(35)30-19-18-25(34)37-8-2/h13-14,16-17,26H,7-12,15,18-21H2,1-6H3,(H,30,35)(H,31,36). The van der Waals surface area contributed by atoms with E-state index in [9.17, 15) is 19.2 Å². The summed E-state index contributed by atoms with van der Waals surface area (Å²) in [5.74, 6) is -1.18. The third-order valence-corrected chi connectivity index (χ3v) is 5.83. The molecule has 2 N–H and O–H groups in total. The molecule has 0 aromatic heterocycles. The molecule has 0 radical (unpaired) electrons. The summed E-state index contributed by atoms with van der Waals surface area (Å²) in [7, 11) is 0. The smallest absolute Gasteiger partial charge is 0.408 e. The van der Waals surface area contributed by atoms with Gasteiger partial charge in [-0.1, -0.05) is 63.3 Å². The number of benzene rings is 1. The van der Waals surface area contributed by atoms with E-state index in [0.29, 0.717) is 12.1 Å². The summed E-state index contributed by atoms with van der Waals surface area (Å²) in [6.07, 6.45) is 5.46. The molecule has 1 aromatic rings. The molecule has 0 fully saturated rings. The van der Waals surface area contributed by atoms with Crippen molar-refractivity contribution in [2.45, 2.75) is 98.1 Å². The highest BCUT2D eigenvalue weighted by atomic mass is 16.6. The molecule has 0 aliphatic heterocycles. The fourth-order valence-electron chi connectivity index (χ4n) is 3.99. The Bertz CT molecular complexity index is 897. The zero-order valence-corrected chi connectivity index (χ0v) is 24.1. The number of ether oxygens (including phenoxy) is 2. The second-order valence-corrected chi connectivity index (χ2v) is 10.3. The number of amides is 3. The Morgan fingerprint density at radius 2 is 1.61 bits per heavy atom. The van der Waals surface area contributed by atoms with Crippen LogP contribution in [0, 0.1) is 6.92 Å². The third kappa shape index (κ3) is 12.9. The molecule has 9 nitrogen and oxygen atoms in total. The van der Waals surface area contributed by atoms with Gasteiger partial charge in [-0.3, -0.25) is 14.4 Å². The Morgan fingerprint density at radius 1 is 0.947 bits per heavy atom. The molecule has 0 spiro atoms. The summed E-state index contributed by atoms with van der Waals surface area (Å²) in [5.41, 5.74) is 0.852. The molecule has 3 amide bonds. The molecule has 9 heteroatoms. The van der Waals surface area contributed by atoms with Gasteiger partial charge in [0.15, 0.2) is 0 Å². The van der Waals surface area contributed by atoms with Gasteiger partial charge in [-0.05, 0) is 52.2 Å². The quantitative estimate of drug-likeness (QED) is 0.233. The van der Waals surface area contributed by atoms with Gasteiger partial charge in [0.2, 0.25) is 11.8 Å². The van der Waals surface area contributed by atoms with Crippen molar-refractivity contribution in [3.05, 3.63) is 35.4 Å². The highest BCUT2D eigenvalue weighted by Gasteiger charge is 2.32. The largest absolute Gasteiger partial charge is 0.466 e. The van der Waals surface area contributed by atoms with Crippen molar-refractivity contribution in [2.24, 2.45) is 0 Å². The predicted molar refractivity (Wildman–Crippen MR) is 148 cm³/mol. The van der Waals surface area contributed by atoms with E-state index in [1.807, 2.05) is 31.2 Å². The van der Waals surface area contributed by atoms with Crippen molar-refractivity contribution in [3.63, 3.8) is 0 Å². The first-order valence-electron chi connectivity index (χ1n) is 13.7. The van der Waals surface area contributed by atoms with Crippen LogP contribution in [-0.4, -0.2) is 60.6 Å². The van der Waals surface area contributed by atoms with Gasteiger partial charge < -0.3 is 25.0 Å². The van der Waals surface area contributed by atoms with Crippen molar-refractivity contribution in [1.82, 2.24) is 15.5 Å². The first kappa shape index (κ1) is 32.9. The number of rotatable bonds is 16. The van der Waals surface area contributed by atoms with Gasteiger partial charge in [-0.25, -0.2) is 4.79 Å². The van der Waals surface area contributed by atoms with E-state index < -0.39 is 29.6 Å². The van der Waals surface area contributed by atoms with E-state index in [1.165, 1.54) is 4.90 Å². The monoisotopic (exact) mass is 533 g/mol. The summed E-state index contributed by atoms with van der Waals surface area (Å²) >= 11 is 0. The van der Waals surface area contributed by atoms with Crippen molar-refractivity contribution in [1.29, 1.82) is 0 Å². The Kier molecular flexibility index (Phi) is 15.1. The molecule has 1 unspecified atom stereocenters. The molecule has 0 heterocycles. The first-order valence-corrected chi connectivity index (χ1v) is 13.7. The van der Waals surface area contributed by atoms with E-state index in [1.54, 1.807) is 27.7 Å².